The molecule has 0 heterocycles. The predicted octanol–water partition coefficient (Wildman–Crippen LogP) is 3.47. The highest BCUT2D eigenvalue weighted by Gasteiger charge is 2.10. The third-order valence-corrected chi connectivity index (χ3v) is 4.61. The molecule has 1 rings (SSSR count). The van der Waals surface area contributed by atoms with E-state index in [1.54, 1.807) is 18.2 Å². The van der Waals surface area contributed by atoms with Crippen LogP contribution in [0.15, 0.2) is 22.7 Å². The number of hydrogen-bond acceptors (Lipinski definition) is 2. The molecule has 0 atom stereocenters. The monoisotopic (exact) mass is 345 g/mol. The van der Waals surface area contributed by atoms with Gasteiger partial charge in [-0.15, -0.1) is 11.6 Å². The maximum atomic E-state index is 11.5. The largest absolute Gasteiger partial charge is 0.284 e. The molecular weight excluding hydrogens is 337 g/mol. The highest BCUT2D eigenvalue weighted by molar-refractivity contribution is 9.10. The zero-order valence-corrected chi connectivity index (χ0v) is 12.1. The van der Waals surface area contributed by atoms with Crippen molar-refractivity contribution in [3.63, 3.8) is 0 Å². The standard InChI is InChI=1S/C9H10BrCl2NO2S/c10-8-3-2-7(6-9(8)12)13-16(14,15)5-1-4-11/h2-3,6,13H,1,4-5H2. The zero-order valence-electron chi connectivity index (χ0n) is 8.21. The SMILES string of the molecule is O=S(=O)(CCCCl)Nc1ccc(Br)c(Cl)c1. The molecule has 0 saturated heterocycles. The molecule has 0 saturated carbocycles. The third kappa shape index (κ3) is 4.49. The molecule has 0 aliphatic rings. The number of sulfonamides is 1. The molecule has 1 aromatic rings. The van der Waals surface area contributed by atoms with Crippen LogP contribution >= 0.6 is 39.1 Å². The lowest BCUT2D eigenvalue weighted by Crippen LogP contribution is -2.16. The van der Waals surface area contributed by atoms with Crippen molar-refractivity contribution >= 4 is 54.8 Å². The molecule has 7 heteroatoms. The second-order valence-electron chi connectivity index (χ2n) is 3.09. The summed E-state index contributed by atoms with van der Waals surface area (Å²) in [5.74, 6) is 0.326. The molecule has 0 radical (unpaired) electrons. The van der Waals surface area contributed by atoms with Crippen molar-refractivity contribution in [3.05, 3.63) is 27.7 Å². The predicted molar refractivity (Wildman–Crippen MR) is 71.9 cm³/mol. The molecule has 0 fully saturated rings. The number of rotatable bonds is 5. The van der Waals surface area contributed by atoms with Crippen LogP contribution in [0.2, 0.25) is 5.02 Å². The first-order valence-corrected chi connectivity index (χ1v) is 7.82. The molecule has 0 spiro atoms. The van der Waals surface area contributed by atoms with Crippen LogP contribution in [-0.2, 0) is 10.0 Å². The molecule has 16 heavy (non-hydrogen) atoms. The molecule has 0 amide bonds. The highest BCUT2D eigenvalue weighted by atomic mass is 79.9. The fraction of sp³-hybridized carbons (Fsp3) is 0.333. The van der Waals surface area contributed by atoms with E-state index in [-0.39, 0.29) is 5.75 Å². The van der Waals surface area contributed by atoms with Gasteiger partial charge in [0.15, 0.2) is 0 Å². The van der Waals surface area contributed by atoms with Crippen LogP contribution in [0, 0.1) is 0 Å². The van der Waals surface area contributed by atoms with Crippen LogP contribution in [0.25, 0.3) is 0 Å². The van der Waals surface area contributed by atoms with Gasteiger partial charge in [0, 0.05) is 10.4 Å². The fourth-order valence-corrected chi connectivity index (χ4v) is 2.87. The maximum Gasteiger partial charge on any atom is 0.232 e. The second-order valence-corrected chi connectivity index (χ2v) is 6.57. The van der Waals surface area contributed by atoms with Gasteiger partial charge in [-0.05, 0) is 40.5 Å². The Morgan fingerprint density at radius 3 is 2.62 bits per heavy atom. The summed E-state index contributed by atoms with van der Waals surface area (Å²) >= 11 is 14.5. The first-order chi connectivity index (χ1) is 7.44. The minimum atomic E-state index is -3.33. The lowest BCUT2D eigenvalue weighted by atomic mass is 10.3. The molecule has 0 unspecified atom stereocenters. The van der Waals surface area contributed by atoms with E-state index in [0.717, 1.165) is 4.47 Å². The molecule has 0 aromatic heterocycles. The summed E-state index contributed by atoms with van der Waals surface area (Å²) in [6.07, 6.45) is 0.418. The van der Waals surface area contributed by atoms with Gasteiger partial charge in [0.2, 0.25) is 10.0 Å². The summed E-state index contributed by atoms with van der Waals surface area (Å²) in [6, 6.07) is 4.86. The third-order valence-electron chi connectivity index (χ3n) is 1.74. The topological polar surface area (TPSA) is 46.2 Å². The lowest BCUT2D eigenvalue weighted by Gasteiger charge is -2.07. The van der Waals surface area contributed by atoms with E-state index < -0.39 is 10.0 Å². The lowest BCUT2D eigenvalue weighted by molar-refractivity contribution is 0.600. The van der Waals surface area contributed by atoms with Crippen LogP contribution in [0.1, 0.15) is 6.42 Å². The van der Waals surface area contributed by atoms with E-state index >= 15 is 0 Å². The van der Waals surface area contributed by atoms with Crippen LogP contribution in [0.3, 0.4) is 0 Å². The van der Waals surface area contributed by atoms with E-state index in [1.165, 1.54) is 0 Å². The van der Waals surface area contributed by atoms with Gasteiger partial charge < -0.3 is 0 Å². The van der Waals surface area contributed by atoms with Gasteiger partial charge in [0.1, 0.15) is 0 Å². The summed E-state index contributed by atoms with van der Waals surface area (Å²) in [5, 5.41) is 0.456. The van der Waals surface area contributed by atoms with Crippen molar-refractivity contribution in [2.45, 2.75) is 6.42 Å². The zero-order chi connectivity index (χ0) is 12.2. The average Bonchev–Trinajstić information content (AvgIpc) is 2.20. The Hall–Kier alpha value is 0.0300. The summed E-state index contributed by atoms with van der Waals surface area (Å²) < 4.78 is 26.2. The van der Waals surface area contributed by atoms with E-state index in [1.807, 2.05) is 0 Å². The maximum absolute atomic E-state index is 11.5. The van der Waals surface area contributed by atoms with Crippen LogP contribution < -0.4 is 4.72 Å². The summed E-state index contributed by atoms with van der Waals surface area (Å²) in [7, 11) is -3.33. The van der Waals surface area contributed by atoms with Gasteiger partial charge in [-0.3, -0.25) is 4.72 Å². The molecule has 1 N–H and O–H groups in total. The van der Waals surface area contributed by atoms with Crippen LogP contribution in [0.4, 0.5) is 5.69 Å². The number of hydrogen-bond donors (Lipinski definition) is 1. The quantitative estimate of drug-likeness (QED) is 0.829. The molecule has 1 aromatic carbocycles. The van der Waals surface area contributed by atoms with Crippen molar-refractivity contribution in [3.8, 4) is 0 Å². The molecule has 3 nitrogen and oxygen atoms in total. The fourth-order valence-electron chi connectivity index (χ4n) is 1.03. The molecular formula is C9H10BrCl2NO2S. The Morgan fingerprint density at radius 2 is 2.06 bits per heavy atom. The van der Waals surface area contributed by atoms with Crippen molar-refractivity contribution < 1.29 is 8.42 Å². The highest BCUT2D eigenvalue weighted by Crippen LogP contribution is 2.26. The van der Waals surface area contributed by atoms with E-state index in [9.17, 15) is 8.42 Å². The van der Waals surface area contributed by atoms with Gasteiger partial charge in [-0.1, -0.05) is 11.6 Å². The van der Waals surface area contributed by atoms with E-state index in [4.69, 9.17) is 23.2 Å². The Kier molecular flexibility index (Phi) is 5.37. The minimum Gasteiger partial charge on any atom is -0.284 e. The number of nitrogens with one attached hydrogen (secondary N) is 1. The Morgan fingerprint density at radius 1 is 1.38 bits per heavy atom. The number of benzene rings is 1. The van der Waals surface area contributed by atoms with Crippen molar-refractivity contribution in [2.75, 3.05) is 16.4 Å². The first-order valence-electron chi connectivity index (χ1n) is 4.46. The van der Waals surface area contributed by atoms with Crippen molar-refractivity contribution in [2.24, 2.45) is 0 Å². The summed E-state index contributed by atoms with van der Waals surface area (Å²) in [5.41, 5.74) is 0.447. The molecule has 0 aliphatic heterocycles. The number of halogens is 3. The van der Waals surface area contributed by atoms with Gasteiger partial charge in [-0.2, -0.15) is 0 Å². The van der Waals surface area contributed by atoms with Crippen molar-refractivity contribution in [1.82, 2.24) is 0 Å². The Bertz CT molecular complexity index is 465. The van der Waals surface area contributed by atoms with Gasteiger partial charge >= 0.3 is 0 Å². The van der Waals surface area contributed by atoms with Gasteiger partial charge in [-0.25, -0.2) is 8.42 Å². The summed E-state index contributed by atoms with van der Waals surface area (Å²) in [4.78, 5) is 0. The molecule has 0 aliphatic carbocycles. The van der Waals surface area contributed by atoms with Crippen LogP contribution in [0.5, 0.6) is 0 Å². The smallest absolute Gasteiger partial charge is 0.232 e. The minimum absolute atomic E-state index is 0.00415. The van der Waals surface area contributed by atoms with Gasteiger partial charge in [0.05, 0.1) is 16.5 Å². The average molecular weight is 347 g/mol. The second kappa shape index (κ2) is 6.10. The summed E-state index contributed by atoms with van der Waals surface area (Å²) in [6.45, 7) is 0. The van der Waals surface area contributed by atoms with Gasteiger partial charge in [0.25, 0.3) is 0 Å². The molecule has 90 valence electrons. The Labute approximate surface area is 113 Å². The normalized spacial score (nSPS) is 11.4. The van der Waals surface area contributed by atoms with E-state index in [0.29, 0.717) is 23.0 Å². The molecule has 0 bridgehead atoms. The number of alkyl halides is 1. The number of anilines is 1. The van der Waals surface area contributed by atoms with E-state index in [2.05, 4.69) is 20.7 Å². The Balaban J connectivity index is 2.76. The first kappa shape index (κ1) is 14.1. The van der Waals surface area contributed by atoms with Crippen LogP contribution in [-0.4, -0.2) is 20.1 Å². The van der Waals surface area contributed by atoms with Crippen molar-refractivity contribution in [1.29, 1.82) is 0 Å².